The van der Waals surface area contributed by atoms with E-state index >= 15 is 0 Å². The van der Waals surface area contributed by atoms with Crippen molar-refractivity contribution in [2.24, 2.45) is 5.41 Å². The molecule has 0 radical (unpaired) electrons. The average molecular weight is 317 g/mol. The highest BCUT2D eigenvalue weighted by Gasteiger charge is 2.50. The van der Waals surface area contributed by atoms with E-state index in [1.54, 1.807) is 23.2 Å². The normalized spacial score (nSPS) is 19.5. The first-order chi connectivity index (χ1) is 10.7. The first kappa shape index (κ1) is 13.4. The molecule has 2 aromatic heterocycles. The molecule has 2 saturated heterocycles. The molecule has 114 valence electrons. The van der Waals surface area contributed by atoms with Gasteiger partial charge in [0.05, 0.1) is 5.51 Å². The number of carbonyl (C=O) groups excluding carboxylic acids is 2. The van der Waals surface area contributed by atoms with Gasteiger partial charge < -0.3 is 9.80 Å². The Hall–Kier alpha value is -2.22. The minimum Gasteiger partial charge on any atom is -0.337 e. The third-order valence-corrected chi connectivity index (χ3v) is 5.03. The van der Waals surface area contributed by atoms with E-state index in [0.29, 0.717) is 31.0 Å². The zero-order valence-corrected chi connectivity index (χ0v) is 12.7. The Kier molecular flexibility index (Phi) is 3.00. The lowest BCUT2D eigenvalue weighted by Crippen LogP contribution is -2.59. The fourth-order valence-corrected chi connectivity index (χ4v) is 3.82. The van der Waals surface area contributed by atoms with Gasteiger partial charge >= 0.3 is 0 Å². The lowest BCUT2D eigenvalue weighted by Gasteiger charge is -2.47. The molecule has 4 heterocycles. The number of thiazole rings is 1. The molecule has 0 aromatic carbocycles. The third-order valence-electron chi connectivity index (χ3n) is 4.45. The van der Waals surface area contributed by atoms with Gasteiger partial charge in [-0.15, -0.1) is 11.3 Å². The topological polar surface area (TPSA) is 82.2 Å². The Morgan fingerprint density at radius 2 is 2.05 bits per heavy atom. The second kappa shape index (κ2) is 4.91. The molecule has 7 nitrogen and oxygen atoms in total. The second-order valence-corrected chi connectivity index (χ2v) is 6.70. The number of hydrogen-bond donors (Lipinski definition) is 1. The van der Waals surface area contributed by atoms with E-state index in [9.17, 15) is 9.59 Å². The number of carbonyl (C=O) groups is 2. The van der Waals surface area contributed by atoms with Crippen LogP contribution in [0.25, 0.3) is 0 Å². The predicted molar refractivity (Wildman–Crippen MR) is 79.6 cm³/mol. The highest BCUT2D eigenvalue weighted by molar-refractivity contribution is 7.07. The van der Waals surface area contributed by atoms with E-state index < -0.39 is 0 Å². The SMILES string of the molecule is O=C(c1cscn1)N1CCC2(C1)CN(C(=O)c1ccn[nH]1)C2. The van der Waals surface area contributed by atoms with E-state index in [2.05, 4.69) is 15.2 Å². The van der Waals surface area contributed by atoms with Crippen molar-refractivity contribution in [2.75, 3.05) is 26.2 Å². The fraction of sp³-hybridized carbons (Fsp3) is 0.429. The van der Waals surface area contributed by atoms with Crippen LogP contribution in [0.5, 0.6) is 0 Å². The maximum atomic E-state index is 12.3. The molecule has 0 unspecified atom stereocenters. The Balaban J connectivity index is 1.38. The standard InChI is InChI=1S/C14H15N5O2S/c20-12(10-1-3-16-17-10)19-7-14(8-19)2-4-18(6-14)13(21)11-5-22-9-15-11/h1,3,5,9H,2,4,6-8H2,(H,16,17). The number of nitrogens with zero attached hydrogens (tertiary/aromatic N) is 4. The lowest BCUT2D eigenvalue weighted by molar-refractivity contribution is 0.0105. The van der Waals surface area contributed by atoms with Crippen LogP contribution in [-0.2, 0) is 0 Å². The van der Waals surface area contributed by atoms with Crippen LogP contribution < -0.4 is 0 Å². The predicted octanol–water partition coefficient (Wildman–Crippen LogP) is 0.855. The molecular formula is C14H15N5O2S. The lowest BCUT2D eigenvalue weighted by atomic mass is 9.79. The third kappa shape index (κ3) is 2.10. The molecule has 1 N–H and O–H groups in total. The van der Waals surface area contributed by atoms with Gasteiger partial charge in [0.15, 0.2) is 0 Å². The van der Waals surface area contributed by atoms with E-state index in [-0.39, 0.29) is 17.2 Å². The van der Waals surface area contributed by atoms with Crippen LogP contribution in [0.2, 0.25) is 0 Å². The highest BCUT2D eigenvalue weighted by Crippen LogP contribution is 2.40. The maximum absolute atomic E-state index is 12.3. The monoisotopic (exact) mass is 317 g/mol. The van der Waals surface area contributed by atoms with Crippen molar-refractivity contribution < 1.29 is 9.59 Å². The van der Waals surface area contributed by atoms with Crippen LogP contribution in [0.1, 0.15) is 27.4 Å². The number of rotatable bonds is 2. The van der Waals surface area contributed by atoms with Crippen molar-refractivity contribution >= 4 is 23.2 Å². The van der Waals surface area contributed by atoms with Gasteiger partial charge in [0.25, 0.3) is 11.8 Å². The maximum Gasteiger partial charge on any atom is 0.273 e. The number of nitrogens with one attached hydrogen (secondary N) is 1. The summed E-state index contributed by atoms with van der Waals surface area (Å²) in [6.07, 6.45) is 2.52. The van der Waals surface area contributed by atoms with Crippen LogP contribution in [0.3, 0.4) is 0 Å². The van der Waals surface area contributed by atoms with Crippen molar-refractivity contribution in [1.29, 1.82) is 0 Å². The fourth-order valence-electron chi connectivity index (χ4n) is 3.30. The molecular weight excluding hydrogens is 302 g/mol. The first-order valence-electron chi connectivity index (χ1n) is 7.13. The number of aromatic amines is 1. The quantitative estimate of drug-likeness (QED) is 0.890. The van der Waals surface area contributed by atoms with Crippen molar-refractivity contribution in [3.63, 3.8) is 0 Å². The summed E-state index contributed by atoms with van der Waals surface area (Å²) >= 11 is 1.43. The summed E-state index contributed by atoms with van der Waals surface area (Å²) in [6.45, 7) is 2.84. The number of amides is 2. The summed E-state index contributed by atoms with van der Waals surface area (Å²) in [5.74, 6) is -0.0242. The molecule has 2 amide bonds. The van der Waals surface area contributed by atoms with Gasteiger partial charge in [0.1, 0.15) is 11.4 Å². The zero-order valence-electron chi connectivity index (χ0n) is 11.9. The smallest absolute Gasteiger partial charge is 0.273 e. The minimum absolute atomic E-state index is 0.00327. The molecule has 22 heavy (non-hydrogen) atoms. The van der Waals surface area contributed by atoms with E-state index in [0.717, 1.165) is 13.0 Å². The van der Waals surface area contributed by atoms with Crippen LogP contribution in [0.4, 0.5) is 0 Å². The summed E-state index contributed by atoms with van der Waals surface area (Å²) < 4.78 is 0. The molecule has 4 rings (SSSR count). The summed E-state index contributed by atoms with van der Waals surface area (Å²) in [4.78, 5) is 32.3. The van der Waals surface area contributed by atoms with Gasteiger partial charge in [-0.1, -0.05) is 0 Å². The summed E-state index contributed by atoms with van der Waals surface area (Å²) in [7, 11) is 0. The number of likely N-dealkylation sites (tertiary alicyclic amines) is 2. The molecule has 1 spiro atoms. The van der Waals surface area contributed by atoms with Crippen LogP contribution >= 0.6 is 11.3 Å². The number of aromatic nitrogens is 3. The van der Waals surface area contributed by atoms with Gasteiger partial charge in [0.2, 0.25) is 0 Å². The Morgan fingerprint density at radius 3 is 2.73 bits per heavy atom. The number of hydrogen-bond acceptors (Lipinski definition) is 5. The van der Waals surface area contributed by atoms with Gasteiger partial charge in [-0.2, -0.15) is 5.10 Å². The van der Waals surface area contributed by atoms with E-state index in [1.165, 1.54) is 11.3 Å². The van der Waals surface area contributed by atoms with Crippen molar-refractivity contribution in [1.82, 2.24) is 25.0 Å². The largest absolute Gasteiger partial charge is 0.337 e. The summed E-state index contributed by atoms with van der Waals surface area (Å²) in [5.41, 5.74) is 2.77. The van der Waals surface area contributed by atoms with Crippen LogP contribution in [0, 0.1) is 5.41 Å². The van der Waals surface area contributed by atoms with Crippen LogP contribution in [0.15, 0.2) is 23.2 Å². The zero-order chi connectivity index (χ0) is 15.2. The van der Waals surface area contributed by atoms with Gasteiger partial charge in [-0.25, -0.2) is 4.98 Å². The van der Waals surface area contributed by atoms with Gasteiger partial charge in [-0.05, 0) is 12.5 Å². The molecule has 0 aliphatic carbocycles. The van der Waals surface area contributed by atoms with Crippen molar-refractivity contribution in [3.05, 3.63) is 34.5 Å². The molecule has 0 saturated carbocycles. The van der Waals surface area contributed by atoms with E-state index in [4.69, 9.17) is 0 Å². The van der Waals surface area contributed by atoms with Gasteiger partial charge in [0, 0.05) is 43.2 Å². The second-order valence-electron chi connectivity index (χ2n) is 5.98. The Labute approximate surface area is 130 Å². The number of H-pyrrole nitrogens is 1. The Bertz CT molecular complexity index is 691. The molecule has 2 fully saturated rings. The summed E-state index contributed by atoms with van der Waals surface area (Å²) in [5, 5.41) is 8.28. The van der Waals surface area contributed by atoms with Crippen molar-refractivity contribution in [2.45, 2.75) is 6.42 Å². The Morgan fingerprint density at radius 1 is 1.23 bits per heavy atom. The minimum atomic E-state index is -0.0209. The van der Waals surface area contributed by atoms with Crippen LogP contribution in [-0.4, -0.2) is 63.0 Å². The molecule has 2 aromatic rings. The van der Waals surface area contributed by atoms with Gasteiger partial charge in [-0.3, -0.25) is 14.7 Å². The first-order valence-corrected chi connectivity index (χ1v) is 8.07. The van der Waals surface area contributed by atoms with E-state index in [1.807, 2.05) is 9.80 Å². The van der Waals surface area contributed by atoms with Crippen molar-refractivity contribution in [3.8, 4) is 0 Å². The highest BCUT2D eigenvalue weighted by atomic mass is 32.1. The average Bonchev–Trinajstić information content (AvgIpc) is 3.24. The molecule has 2 aliphatic heterocycles. The molecule has 0 atom stereocenters. The molecule has 8 heteroatoms. The molecule has 2 aliphatic rings. The summed E-state index contributed by atoms with van der Waals surface area (Å²) in [6, 6.07) is 1.68. The molecule has 0 bridgehead atoms.